The second-order valence-corrected chi connectivity index (χ2v) is 5.79. The Balaban J connectivity index is 1.88. The van der Waals surface area contributed by atoms with Gasteiger partial charge in [0.1, 0.15) is 0 Å². The standard InChI is InChI=1S/C15H11NO3Se/c1-18-11-6-4-5-10(9-11)15(17)19-14-12-7-2-3-8-13(12)20-16-14/h2-9H,1H3. The van der Waals surface area contributed by atoms with E-state index in [4.69, 9.17) is 9.47 Å². The molecule has 5 heteroatoms. The molecular formula is C15H11NO3Se. The summed E-state index contributed by atoms with van der Waals surface area (Å²) in [5.41, 5.74) is 0.448. The Morgan fingerprint density at radius 2 is 2.00 bits per heavy atom. The summed E-state index contributed by atoms with van der Waals surface area (Å²) in [6.07, 6.45) is 0. The first kappa shape index (κ1) is 12.9. The Hall–Kier alpha value is -2.10. The summed E-state index contributed by atoms with van der Waals surface area (Å²) in [5, 5.41) is 0.906. The van der Waals surface area contributed by atoms with Crippen molar-refractivity contribution < 1.29 is 14.3 Å². The van der Waals surface area contributed by atoms with Gasteiger partial charge in [-0.15, -0.1) is 0 Å². The fourth-order valence-electron chi connectivity index (χ4n) is 1.83. The molecule has 0 saturated carbocycles. The number of rotatable bonds is 3. The molecule has 0 bridgehead atoms. The first-order valence-electron chi connectivity index (χ1n) is 5.98. The van der Waals surface area contributed by atoms with Crippen LogP contribution >= 0.6 is 0 Å². The zero-order valence-corrected chi connectivity index (χ0v) is 12.4. The second-order valence-electron chi connectivity index (χ2n) is 4.11. The van der Waals surface area contributed by atoms with Gasteiger partial charge in [0.05, 0.1) is 0 Å². The van der Waals surface area contributed by atoms with Crippen molar-refractivity contribution in [2.45, 2.75) is 0 Å². The minimum atomic E-state index is -0.421. The quantitative estimate of drug-likeness (QED) is 0.546. The summed E-state index contributed by atoms with van der Waals surface area (Å²) in [7, 11) is 1.56. The molecule has 3 aromatic rings. The fourth-order valence-corrected chi connectivity index (χ4v) is 3.32. The van der Waals surface area contributed by atoms with Crippen molar-refractivity contribution in [3.63, 3.8) is 0 Å². The van der Waals surface area contributed by atoms with Gasteiger partial charge in [-0.25, -0.2) is 0 Å². The third kappa shape index (κ3) is 2.46. The van der Waals surface area contributed by atoms with Gasteiger partial charge in [-0.3, -0.25) is 0 Å². The van der Waals surface area contributed by atoms with E-state index >= 15 is 0 Å². The summed E-state index contributed by atoms with van der Waals surface area (Å²) in [4.78, 5) is 12.1. The molecule has 0 spiro atoms. The topological polar surface area (TPSA) is 48.4 Å². The van der Waals surface area contributed by atoms with Crippen molar-refractivity contribution in [3.05, 3.63) is 54.1 Å². The number of esters is 1. The van der Waals surface area contributed by atoms with Gasteiger partial charge in [0.25, 0.3) is 0 Å². The Bertz CT molecular complexity index is 766. The van der Waals surface area contributed by atoms with Crippen LogP contribution in [0.1, 0.15) is 10.4 Å². The van der Waals surface area contributed by atoms with E-state index < -0.39 is 5.97 Å². The number of hydrogen-bond donors (Lipinski definition) is 0. The number of carbonyl (C=O) groups is 1. The Morgan fingerprint density at radius 3 is 2.85 bits per heavy atom. The van der Waals surface area contributed by atoms with Crippen LogP contribution in [0, 0.1) is 0 Å². The molecule has 1 aromatic heterocycles. The predicted octanol–water partition coefficient (Wildman–Crippen LogP) is 2.52. The molecule has 0 unspecified atom stereocenters. The van der Waals surface area contributed by atoms with Crippen LogP contribution < -0.4 is 9.47 Å². The van der Waals surface area contributed by atoms with Gasteiger partial charge in [0.15, 0.2) is 0 Å². The van der Waals surface area contributed by atoms with Crippen molar-refractivity contribution >= 4 is 30.3 Å². The van der Waals surface area contributed by atoms with Crippen LogP contribution in [0.3, 0.4) is 0 Å². The second kappa shape index (κ2) is 5.49. The van der Waals surface area contributed by atoms with Gasteiger partial charge in [0.2, 0.25) is 0 Å². The van der Waals surface area contributed by atoms with E-state index in [1.165, 1.54) is 0 Å². The third-order valence-corrected chi connectivity index (χ3v) is 4.54. The van der Waals surface area contributed by atoms with E-state index in [-0.39, 0.29) is 14.7 Å². The molecule has 1 heterocycles. The summed E-state index contributed by atoms with van der Waals surface area (Å²) < 4.78 is 15.9. The number of hydrogen-bond acceptors (Lipinski definition) is 4. The molecule has 0 fully saturated rings. The van der Waals surface area contributed by atoms with Crippen LogP contribution in [0.25, 0.3) is 9.65 Å². The molecular weight excluding hydrogens is 321 g/mol. The van der Waals surface area contributed by atoms with Crippen LogP contribution in [-0.2, 0) is 0 Å². The van der Waals surface area contributed by atoms with Crippen molar-refractivity contribution in [1.29, 1.82) is 0 Å². The van der Waals surface area contributed by atoms with Crippen LogP contribution in [-0.4, -0.2) is 31.8 Å². The van der Waals surface area contributed by atoms with Crippen molar-refractivity contribution in [3.8, 4) is 11.6 Å². The zero-order chi connectivity index (χ0) is 13.9. The van der Waals surface area contributed by atoms with E-state index in [9.17, 15) is 4.79 Å². The molecule has 0 radical (unpaired) electrons. The summed E-state index contributed by atoms with van der Waals surface area (Å²) in [5.74, 6) is 0.612. The van der Waals surface area contributed by atoms with Crippen LogP contribution in [0.4, 0.5) is 0 Å². The number of benzene rings is 2. The fraction of sp³-hybridized carbons (Fsp3) is 0.0667. The number of aromatic nitrogens is 1. The van der Waals surface area contributed by atoms with Crippen molar-refractivity contribution in [2.75, 3.05) is 7.11 Å². The Labute approximate surface area is 121 Å². The zero-order valence-electron chi connectivity index (χ0n) is 10.7. The first-order chi connectivity index (χ1) is 9.78. The number of methoxy groups -OCH3 is 1. The van der Waals surface area contributed by atoms with E-state index in [1.54, 1.807) is 31.4 Å². The van der Waals surface area contributed by atoms with E-state index in [0.29, 0.717) is 17.2 Å². The van der Waals surface area contributed by atoms with Gasteiger partial charge in [-0.1, -0.05) is 0 Å². The summed E-state index contributed by atoms with van der Waals surface area (Å²) in [6.45, 7) is 0. The molecule has 100 valence electrons. The molecule has 0 N–H and O–H groups in total. The molecule has 2 aromatic carbocycles. The summed E-state index contributed by atoms with van der Waals surface area (Å²) >= 11 is -0.0133. The SMILES string of the molecule is COc1cccc(C(=O)Oc2n[se]c3ccccc23)c1. The maximum atomic E-state index is 12.1. The first-order valence-corrected chi connectivity index (χ1v) is 7.61. The molecule has 0 aliphatic carbocycles. The van der Waals surface area contributed by atoms with Gasteiger partial charge >= 0.3 is 121 Å². The molecule has 4 nitrogen and oxygen atoms in total. The molecule has 0 saturated heterocycles. The van der Waals surface area contributed by atoms with Gasteiger partial charge in [-0.05, 0) is 0 Å². The van der Waals surface area contributed by atoms with Gasteiger partial charge < -0.3 is 0 Å². The number of carbonyl (C=O) groups excluding carboxylic acids is 1. The van der Waals surface area contributed by atoms with Crippen LogP contribution in [0.15, 0.2) is 48.5 Å². The normalized spacial score (nSPS) is 10.4. The van der Waals surface area contributed by atoms with E-state index in [1.807, 2.05) is 24.3 Å². The van der Waals surface area contributed by atoms with Gasteiger partial charge in [-0.2, -0.15) is 0 Å². The number of ether oxygens (including phenoxy) is 2. The number of fused-ring (bicyclic) bond motifs is 1. The van der Waals surface area contributed by atoms with Crippen LogP contribution in [0.2, 0.25) is 0 Å². The Kier molecular flexibility index (Phi) is 3.54. The average Bonchev–Trinajstić information content (AvgIpc) is 2.90. The van der Waals surface area contributed by atoms with Crippen molar-refractivity contribution in [2.24, 2.45) is 0 Å². The summed E-state index contributed by atoms with van der Waals surface area (Å²) in [6, 6.07) is 14.7. The third-order valence-electron chi connectivity index (χ3n) is 2.84. The number of nitrogens with zero attached hydrogens (tertiary/aromatic N) is 1. The molecule has 20 heavy (non-hydrogen) atoms. The van der Waals surface area contributed by atoms with E-state index in [2.05, 4.69) is 3.98 Å². The minimum absolute atomic E-state index is 0.0133. The molecule has 3 rings (SSSR count). The van der Waals surface area contributed by atoms with Gasteiger partial charge in [0, 0.05) is 0 Å². The molecule has 0 atom stereocenters. The van der Waals surface area contributed by atoms with Crippen LogP contribution in [0.5, 0.6) is 11.6 Å². The predicted molar refractivity (Wildman–Crippen MR) is 76.6 cm³/mol. The monoisotopic (exact) mass is 333 g/mol. The van der Waals surface area contributed by atoms with Crippen molar-refractivity contribution in [1.82, 2.24) is 3.98 Å². The Morgan fingerprint density at radius 1 is 1.15 bits per heavy atom. The molecule has 0 amide bonds. The maximum absolute atomic E-state index is 12.1. The van der Waals surface area contributed by atoms with E-state index in [0.717, 1.165) is 9.65 Å². The molecule has 0 aliphatic heterocycles. The molecule has 0 aliphatic rings. The average molecular weight is 332 g/mol.